The van der Waals surface area contributed by atoms with Crippen LogP contribution < -0.4 is 5.76 Å². The summed E-state index contributed by atoms with van der Waals surface area (Å²) in [5, 5.41) is 2.01. The van der Waals surface area contributed by atoms with E-state index in [4.69, 9.17) is 4.42 Å². The van der Waals surface area contributed by atoms with Crippen LogP contribution in [0.25, 0.3) is 20.5 Å². The van der Waals surface area contributed by atoms with Crippen LogP contribution in [0.5, 0.6) is 0 Å². The van der Waals surface area contributed by atoms with Gasteiger partial charge in [-0.2, -0.15) is 0 Å². The number of H-pyrrole nitrogens is 1. The molecule has 0 bridgehead atoms. The first-order valence-corrected chi connectivity index (χ1v) is 7.55. The normalized spacial score (nSPS) is 11.4. The maximum absolute atomic E-state index is 12.4. The van der Waals surface area contributed by atoms with E-state index in [1.165, 1.54) is 11.3 Å². The van der Waals surface area contributed by atoms with Gasteiger partial charge in [0.2, 0.25) is 5.78 Å². The van der Waals surface area contributed by atoms with Gasteiger partial charge in [-0.3, -0.25) is 9.78 Å². The Morgan fingerprint density at radius 3 is 2.90 bits per heavy atom. The van der Waals surface area contributed by atoms with Crippen LogP contribution in [0.1, 0.15) is 15.2 Å². The Morgan fingerprint density at radius 2 is 2.05 bits per heavy atom. The molecule has 3 heterocycles. The molecule has 98 valence electrons. The largest absolute Gasteiger partial charge is 0.417 e. The lowest BCUT2D eigenvalue weighted by molar-refractivity contribution is 0.104. The zero-order valence-corrected chi connectivity index (χ0v) is 11.6. The number of nitrogens with one attached hydrogen (secondary N) is 1. The minimum Gasteiger partial charge on any atom is -0.408 e. The first kappa shape index (κ1) is 11.6. The van der Waals surface area contributed by atoms with Gasteiger partial charge in [0.1, 0.15) is 0 Å². The molecule has 0 saturated carbocycles. The summed E-state index contributed by atoms with van der Waals surface area (Å²) in [5.41, 5.74) is 1.52. The zero-order chi connectivity index (χ0) is 13.7. The van der Waals surface area contributed by atoms with Gasteiger partial charge in [0.25, 0.3) is 0 Å². The number of hydrogen-bond donors (Lipinski definition) is 1. The summed E-state index contributed by atoms with van der Waals surface area (Å²) in [5.74, 6) is -0.564. The molecule has 0 unspecified atom stereocenters. The van der Waals surface area contributed by atoms with Gasteiger partial charge >= 0.3 is 5.76 Å². The number of oxazole rings is 1. The van der Waals surface area contributed by atoms with E-state index in [1.54, 1.807) is 29.5 Å². The van der Waals surface area contributed by atoms with Crippen molar-refractivity contribution in [2.45, 2.75) is 0 Å². The van der Waals surface area contributed by atoms with E-state index in [0.29, 0.717) is 21.5 Å². The zero-order valence-electron chi connectivity index (χ0n) is 10.0. The number of fused-ring (bicyclic) bond motifs is 2. The number of aromatic nitrogens is 1. The van der Waals surface area contributed by atoms with Crippen LogP contribution in [0.15, 0.2) is 44.9 Å². The van der Waals surface area contributed by atoms with Gasteiger partial charge in [-0.1, -0.05) is 0 Å². The van der Waals surface area contributed by atoms with Crippen LogP contribution in [0, 0.1) is 0 Å². The number of carbonyl (C=O) groups excluding carboxylic acids is 1. The minimum atomic E-state index is -0.513. The second kappa shape index (κ2) is 4.16. The molecule has 1 aromatic carbocycles. The number of thiophene rings is 2. The third-order valence-corrected chi connectivity index (χ3v) is 5.14. The van der Waals surface area contributed by atoms with Crippen molar-refractivity contribution >= 4 is 49.0 Å². The standard InChI is InChI=1S/C14H7NO3S2/c16-13(12-6-11-10(20-12)3-4-19-11)7-1-2-8-9(5-7)18-14(17)15-8/h1-6H,(H,15,17). The molecule has 0 radical (unpaired) electrons. The second-order valence-electron chi connectivity index (χ2n) is 4.31. The Balaban J connectivity index is 1.82. The van der Waals surface area contributed by atoms with E-state index >= 15 is 0 Å². The van der Waals surface area contributed by atoms with Crippen molar-refractivity contribution in [3.05, 3.63) is 56.7 Å². The first-order chi connectivity index (χ1) is 9.70. The van der Waals surface area contributed by atoms with Gasteiger partial charge in [0.15, 0.2) is 5.58 Å². The summed E-state index contributed by atoms with van der Waals surface area (Å²) in [6.07, 6.45) is 0. The summed E-state index contributed by atoms with van der Waals surface area (Å²) < 4.78 is 7.22. The average molecular weight is 301 g/mol. The van der Waals surface area contributed by atoms with Gasteiger partial charge in [-0.25, -0.2) is 4.79 Å². The van der Waals surface area contributed by atoms with Crippen LogP contribution in [0.4, 0.5) is 0 Å². The van der Waals surface area contributed by atoms with Gasteiger partial charge in [-0.05, 0) is 35.7 Å². The molecule has 0 fully saturated rings. The van der Waals surface area contributed by atoms with Crippen LogP contribution in [0.2, 0.25) is 0 Å². The smallest absolute Gasteiger partial charge is 0.408 e. The highest BCUT2D eigenvalue weighted by Gasteiger charge is 2.14. The SMILES string of the molecule is O=C(c1ccc2[nH]c(=O)oc2c1)c1cc2sccc2s1. The Morgan fingerprint density at radius 1 is 1.15 bits per heavy atom. The molecule has 0 atom stereocenters. The Kier molecular flexibility index (Phi) is 2.42. The van der Waals surface area contributed by atoms with E-state index in [-0.39, 0.29) is 5.78 Å². The van der Waals surface area contributed by atoms with Crippen LogP contribution in [-0.2, 0) is 0 Å². The van der Waals surface area contributed by atoms with Crippen molar-refractivity contribution < 1.29 is 9.21 Å². The lowest BCUT2D eigenvalue weighted by Gasteiger charge is -1.97. The number of rotatable bonds is 2. The quantitative estimate of drug-likeness (QED) is 0.575. The Labute approximate surface area is 120 Å². The molecule has 20 heavy (non-hydrogen) atoms. The molecule has 4 rings (SSSR count). The molecule has 0 aliphatic heterocycles. The monoisotopic (exact) mass is 301 g/mol. The molecule has 0 spiro atoms. The summed E-state index contributed by atoms with van der Waals surface area (Å²) >= 11 is 3.10. The fourth-order valence-electron chi connectivity index (χ4n) is 2.11. The van der Waals surface area contributed by atoms with Gasteiger partial charge in [0.05, 0.1) is 10.4 Å². The van der Waals surface area contributed by atoms with Crippen LogP contribution >= 0.6 is 22.7 Å². The maximum Gasteiger partial charge on any atom is 0.417 e. The molecule has 0 aliphatic carbocycles. The summed E-state index contributed by atoms with van der Waals surface area (Å²) in [6, 6.07) is 8.90. The number of benzene rings is 1. The molecule has 0 aliphatic rings. The average Bonchev–Trinajstić information content (AvgIpc) is 3.08. The van der Waals surface area contributed by atoms with E-state index in [2.05, 4.69) is 4.98 Å². The first-order valence-electron chi connectivity index (χ1n) is 5.85. The third-order valence-electron chi connectivity index (χ3n) is 3.05. The highest BCUT2D eigenvalue weighted by atomic mass is 32.1. The summed E-state index contributed by atoms with van der Waals surface area (Å²) in [4.78, 5) is 26.8. The van der Waals surface area contributed by atoms with E-state index in [1.807, 2.05) is 17.5 Å². The molecule has 4 nitrogen and oxygen atoms in total. The van der Waals surface area contributed by atoms with Crippen molar-refractivity contribution in [3.63, 3.8) is 0 Å². The number of ketones is 1. The van der Waals surface area contributed by atoms with Crippen LogP contribution in [-0.4, -0.2) is 10.8 Å². The number of hydrogen-bond acceptors (Lipinski definition) is 5. The molecule has 3 aromatic heterocycles. The lowest BCUT2D eigenvalue weighted by Crippen LogP contribution is -1.97. The predicted molar refractivity (Wildman–Crippen MR) is 80.0 cm³/mol. The maximum atomic E-state index is 12.4. The van der Waals surface area contributed by atoms with E-state index < -0.39 is 5.76 Å². The van der Waals surface area contributed by atoms with Crippen LogP contribution in [0.3, 0.4) is 0 Å². The van der Waals surface area contributed by atoms with Gasteiger partial charge < -0.3 is 4.42 Å². The Bertz CT molecular complexity index is 974. The predicted octanol–water partition coefficient (Wildman–Crippen LogP) is 3.63. The van der Waals surface area contributed by atoms with Gasteiger partial charge in [-0.15, -0.1) is 22.7 Å². The molecular formula is C14H7NO3S2. The topological polar surface area (TPSA) is 63.1 Å². The summed E-state index contributed by atoms with van der Waals surface area (Å²) in [7, 11) is 0. The minimum absolute atomic E-state index is 0.0517. The molecular weight excluding hydrogens is 294 g/mol. The fourth-order valence-corrected chi connectivity index (χ4v) is 4.18. The number of carbonyl (C=O) groups is 1. The molecule has 1 N–H and O–H groups in total. The molecule has 0 amide bonds. The lowest BCUT2D eigenvalue weighted by atomic mass is 10.1. The van der Waals surface area contributed by atoms with Crippen molar-refractivity contribution in [2.75, 3.05) is 0 Å². The van der Waals surface area contributed by atoms with E-state index in [0.717, 1.165) is 9.40 Å². The van der Waals surface area contributed by atoms with Crippen molar-refractivity contribution in [1.82, 2.24) is 4.98 Å². The van der Waals surface area contributed by atoms with Crippen molar-refractivity contribution in [1.29, 1.82) is 0 Å². The number of aromatic amines is 1. The molecule has 4 aromatic rings. The second-order valence-corrected chi connectivity index (χ2v) is 6.35. The third kappa shape index (κ3) is 1.73. The van der Waals surface area contributed by atoms with Crippen molar-refractivity contribution in [2.24, 2.45) is 0 Å². The highest BCUT2D eigenvalue weighted by molar-refractivity contribution is 7.28. The molecule has 6 heteroatoms. The van der Waals surface area contributed by atoms with E-state index in [9.17, 15) is 9.59 Å². The highest BCUT2D eigenvalue weighted by Crippen LogP contribution is 2.31. The Hall–Kier alpha value is -2.18. The van der Waals surface area contributed by atoms with Crippen molar-refractivity contribution in [3.8, 4) is 0 Å². The molecule has 0 saturated heterocycles. The fraction of sp³-hybridized carbons (Fsp3) is 0. The summed E-state index contributed by atoms with van der Waals surface area (Å²) in [6.45, 7) is 0. The van der Waals surface area contributed by atoms with Gasteiger partial charge in [0, 0.05) is 15.0 Å².